The number of rotatable bonds is 6. The second kappa shape index (κ2) is 9.00. The minimum atomic E-state index is -0.377. The predicted octanol–water partition coefficient (Wildman–Crippen LogP) is 4.81. The highest BCUT2D eigenvalue weighted by Crippen LogP contribution is 2.41. The zero-order valence-corrected chi connectivity index (χ0v) is 17.4. The van der Waals surface area contributed by atoms with E-state index in [0.29, 0.717) is 28.4 Å². The van der Waals surface area contributed by atoms with Gasteiger partial charge in [-0.1, -0.05) is 6.07 Å². The molecule has 1 aliphatic rings. The summed E-state index contributed by atoms with van der Waals surface area (Å²) in [5.41, 5.74) is 3.69. The van der Waals surface area contributed by atoms with Gasteiger partial charge in [-0.3, -0.25) is 9.78 Å². The average molecular weight is 420 g/mol. The fourth-order valence-electron chi connectivity index (χ4n) is 3.40. The molecule has 0 atom stereocenters. The van der Waals surface area contributed by atoms with Gasteiger partial charge >= 0.3 is 5.97 Å². The normalized spacial score (nSPS) is 12.7. The highest BCUT2D eigenvalue weighted by Gasteiger charge is 2.26. The monoisotopic (exact) mass is 419 g/mol. The fourth-order valence-corrected chi connectivity index (χ4v) is 4.63. The van der Waals surface area contributed by atoms with Crippen LogP contribution >= 0.6 is 11.3 Å². The Kier molecular flexibility index (Phi) is 5.99. The molecule has 0 unspecified atom stereocenters. The minimum Gasteiger partial charge on any atom is -0.462 e. The first-order valence-corrected chi connectivity index (χ1v) is 10.6. The number of fused-ring (bicyclic) bond motifs is 1. The van der Waals surface area contributed by atoms with Crippen molar-refractivity contribution in [3.05, 3.63) is 75.9 Å². The number of thiophene rings is 1. The van der Waals surface area contributed by atoms with Gasteiger partial charge in [0.15, 0.2) is 0 Å². The van der Waals surface area contributed by atoms with Crippen molar-refractivity contribution in [2.24, 2.45) is 4.99 Å². The Morgan fingerprint density at radius 1 is 1.23 bits per heavy atom. The summed E-state index contributed by atoms with van der Waals surface area (Å²) in [5, 5.41) is 3.65. The van der Waals surface area contributed by atoms with E-state index in [2.05, 4.69) is 15.3 Å². The molecule has 0 spiro atoms. The number of nitrogens with one attached hydrogen (secondary N) is 1. The number of nitrogens with zero attached hydrogens (tertiary/aromatic N) is 2. The maximum atomic E-state index is 13.1. The molecule has 4 rings (SSSR count). The topological polar surface area (TPSA) is 80.6 Å². The summed E-state index contributed by atoms with van der Waals surface area (Å²) < 4.78 is 4.99. The molecule has 1 amide bonds. The molecule has 0 bridgehead atoms. The molecule has 0 saturated heterocycles. The second-order valence-electron chi connectivity index (χ2n) is 6.83. The van der Waals surface area contributed by atoms with E-state index in [4.69, 9.17) is 4.74 Å². The van der Waals surface area contributed by atoms with Crippen molar-refractivity contribution >= 4 is 40.1 Å². The van der Waals surface area contributed by atoms with Gasteiger partial charge in [0.25, 0.3) is 5.91 Å². The Labute approximate surface area is 178 Å². The first-order valence-electron chi connectivity index (χ1n) is 9.83. The third-order valence-corrected chi connectivity index (χ3v) is 6.00. The predicted molar refractivity (Wildman–Crippen MR) is 118 cm³/mol. The molecule has 2 heterocycles. The standard InChI is InChI=1S/C23H21N3O3S/c1-2-29-23(28)16-8-10-17(11-9-16)26-21(27)20-18-6-3-7-19(18)30-22(20)25-14-15-5-4-12-24-13-15/h4-5,8-14H,2-3,6-7H2,1H3,(H,26,27)/b25-14+. The van der Waals surface area contributed by atoms with Crippen molar-refractivity contribution in [3.8, 4) is 0 Å². The van der Waals surface area contributed by atoms with E-state index in [1.54, 1.807) is 61.1 Å². The second-order valence-corrected chi connectivity index (χ2v) is 7.92. The maximum absolute atomic E-state index is 13.1. The lowest BCUT2D eigenvalue weighted by Gasteiger charge is -2.08. The highest BCUT2D eigenvalue weighted by molar-refractivity contribution is 7.16. The van der Waals surface area contributed by atoms with Gasteiger partial charge in [0.05, 0.1) is 17.7 Å². The molecule has 1 aliphatic carbocycles. The van der Waals surface area contributed by atoms with E-state index in [1.807, 2.05) is 12.1 Å². The molecular formula is C23H21N3O3S. The first kappa shape index (κ1) is 20.0. The molecular weight excluding hydrogens is 398 g/mol. The van der Waals surface area contributed by atoms with Crippen LogP contribution in [0.4, 0.5) is 10.7 Å². The fraction of sp³-hybridized carbons (Fsp3) is 0.217. The van der Waals surface area contributed by atoms with E-state index >= 15 is 0 Å². The summed E-state index contributed by atoms with van der Waals surface area (Å²) in [6.45, 7) is 2.09. The molecule has 30 heavy (non-hydrogen) atoms. The van der Waals surface area contributed by atoms with E-state index in [0.717, 1.165) is 30.4 Å². The van der Waals surface area contributed by atoms with Gasteiger partial charge in [-0.05, 0) is 62.1 Å². The van der Waals surface area contributed by atoms with E-state index < -0.39 is 0 Å². The number of aryl methyl sites for hydroxylation is 1. The number of carbonyl (C=O) groups excluding carboxylic acids is 2. The van der Waals surface area contributed by atoms with Crippen LogP contribution < -0.4 is 5.32 Å². The quantitative estimate of drug-likeness (QED) is 0.459. The van der Waals surface area contributed by atoms with Gasteiger partial charge in [0.2, 0.25) is 0 Å². The molecule has 152 valence electrons. The van der Waals surface area contributed by atoms with Crippen LogP contribution in [0.2, 0.25) is 0 Å². The number of aromatic nitrogens is 1. The van der Waals surface area contributed by atoms with Crippen LogP contribution in [-0.4, -0.2) is 29.7 Å². The van der Waals surface area contributed by atoms with E-state index in [-0.39, 0.29) is 11.9 Å². The molecule has 0 saturated carbocycles. The molecule has 3 aromatic rings. The van der Waals surface area contributed by atoms with Crippen LogP contribution in [-0.2, 0) is 17.6 Å². The van der Waals surface area contributed by atoms with Crippen molar-refractivity contribution in [1.82, 2.24) is 4.98 Å². The zero-order chi connectivity index (χ0) is 20.9. The van der Waals surface area contributed by atoms with Gasteiger partial charge in [0, 0.05) is 34.7 Å². The molecule has 0 fully saturated rings. The molecule has 0 radical (unpaired) electrons. The van der Waals surface area contributed by atoms with Gasteiger partial charge in [0.1, 0.15) is 5.00 Å². The number of hydrogen-bond acceptors (Lipinski definition) is 6. The zero-order valence-electron chi connectivity index (χ0n) is 16.6. The molecule has 7 heteroatoms. The van der Waals surface area contributed by atoms with Crippen molar-refractivity contribution in [2.75, 3.05) is 11.9 Å². The van der Waals surface area contributed by atoms with Gasteiger partial charge in [-0.2, -0.15) is 0 Å². The summed E-state index contributed by atoms with van der Waals surface area (Å²) in [7, 11) is 0. The van der Waals surface area contributed by atoms with Crippen molar-refractivity contribution < 1.29 is 14.3 Å². The summed E-state index contributed by atoms with van der Waals surface area (Å²) in [6, 6.07) is 10.5. The average Bonchev–Trinajstić information content (AvgIpc) is 3.34. The summed E-state index contributed by atoms with van der Waals surface area (Å²) in [4.78, 5) is 34.8. The van der Waals surface area contributed by atoms with Crippen LogP contribution in [0, 0.1) is 0 Å². The number of aliphatic imine (C=N–C) groups is 1. The Morgan fingerprint density at radius 2 is 2.07 bits per heavy atom. The smallest absolute Gasteiger partial charge is 0.338 e. The van der Waals surface area contributed by atoms with Crippen LogP contribution in [0.15, 0.2) is 53.8 Å². The summed E-state index contributed by atoms with van der Waals surface area (Å²) in [5.74, 6) is -0.560. The largest absolute Gasteiger partial charge is 0.462 e. The molecule has 1 N–H and O–H groups in total. The Morgan fingerprint density at radius 3 is 2.80 bits per heavy atom. The number of esters is 1. The SMILES string of the molecule is CCOC(=O)c1ccc(NC(=O)c2c(/N=C/c3cccnc3)sc3c2CCC3)cc1. The number of ether oxygens (including phenoxy) is 1. The van der Waals surface area contributed by atoms with Gasteiger partial charge in [-0.15, -0.1) is 11.3 Å². The van der Waals surface area contributed by atoms with Crippen molar-refractivity contribution in [1.29, 1.82) is 0 Å². The lowest BCUT2D eigenvalue weighted by molar-refractivity contribution is 0.0526. The summed E-state index contributed by atoms with van der Waals surface area (Å²) >= 11 is 1.58. The van der Waals surface area contributed by atoms with Crippen molar-refractivity contribution in [3.63, 3.8) is 0 Å². The number of hydrogen-bond donors (Lipinski definition) is 1. The third-order valence-electron chi connectivity index (χ3n) is 4.80. The lowest BCUT2D eigenvalue weighted by atomic mass is 10.1. The highest BCUT2D eigenvalue weighted by atomic mass is 32.1. The molecule has 6 nitrogen and oxygen atoms in total. The van der Waals surface area contributed by atoms with Crippen molar-refractivity contribution in [2.45, 2.75) is 26.2 Å². The Balaban J connectivity index is 1.56. The van der Waals surface area contributed by atoms with E-state index in [1.165, 1.54) is 4.88 Å². The van der Waals surface area contributed by atoms with Crippen LogP contribution in [0.25, 0.3) is 0 Å². The maximum Gasteiger partial charge on any atom is 0.338 e. The Bertz CT molecular complexity index is 1090. The molecule has 0 aliphatic heterocycles. The van der Waals surface area contributed by atoms with Crippen LogP contribution in [0.1, 0.15) is 50.1 Å². The number of anilines is 1. The first-order chi connectivity index (χ1) is 14.7. The molecule has 2 aromatic heterocycles. The minimum absolute atomic E-state index is 0.184. The Hall–Kier alpha value is -3.32. The number of carbonyl (C=O) groups is 2. The number of benzene rings is 1. The van der Waals surface area contributed by atoms with E-state index in [9.17, 15) is 9.59 Å². The summed E-state index contributed by atoms with van der Waals surface area (Å²) in [6.07, 6.45) is 8.11. The lowest BCUT2D eigenvalue weighted by Crippen LogP contribution is -2.13. The number of amides is 1. The molecule has 1 aromatic carbocycles. The van der Waals surface area contributed by atoms with Crippen LogP contribution in [0.3, 0.4) is 0 Å². The van der Waals surface area contributed by atoms with Gasteiger partial charge in [-0.25, -0.2) is 9.79 Å². The number of pyridine rings is 1. The van der Waals surface area contributed by atoms with Gasteiger partial charge < -0.3 is 10.1 Å². The third kappa shape index (κ3) is 4.31. The van der Waals surface area contributed by atoms with Crippen LogP contribution in [0.5, 0.6) is 0 Å².